The molecular formula is C11H12BrNO3. The first-order valence-electron chi connectivity index (χ1n) is 4.62. The molecule has 4 nitrogen and oxygen atoms in total. The van der Waals surface area contributed by atoms with Crippen LogP contribution in [0.3, 0.4) is 0 Å². The van der Waals surface area contributed by atoms with Gasteiger partial charge in [0.2, 0.25) is 0 Å². The number of rotatable bonds is 3. The zero-order chi connectivity index (χ0) is 12.1. The summed E-state index contributed by atoms with van der Waals surface area (Å²) in [7, 11) is 2.85. The molecule has 0 radical (unpaired) electrons. The van der Waals surface area contributed by atoms with Crippen molar-refractivity contribution in [1.82, 2.24) is 4.90 Å². The second-order valence-electron chi connectivity index (χ2n) is 3.25. The maximum atomic E-state index is 11.8. The Balaban J connectivity index is 2.74. The van der Waals surface area contributed by atoms with Crippen LogP contribution in [-0.4, -0.2) is 37.5 Å². The lowest BCUT2D eigenvalue weighted by Gasteiger charge is -2.15. The number of methoxy groups -OCH3 is 1. The van der Waals surface area contributed by atoms with Gasteiger partial charge < -0.3 is 9.64 Å². The van der Waals surface area contributed by atoms with Gasteiger partial charge in [-0.05, 0) is 18.2 Å². The van der Waals surface area contributed by atoms with E-state index in [9.17, 15) is 9.59 Å². The van der Waals surface area contributed by atoms with E-state index in [0.29, 0.717) is 5.56 Å². The average Bonchev–Trinajstić information content (AvgIpc) is 2.27. The van der Waals surface area contributed by atoms with Crippen LogP contribution in [0.1, 0.15) is 10.4 Å². The maximum Gasteiger partial charge on any atom is 0.325 e. The number of likely N-dealkylation sites (N-methyl/N-ethyl adjacent to an activating group) is 1. The van der Waals surface area contributed by atoms with Gasteiger partial charge in [-0.25, -0.2) is 0 Å². The summed E-state index contributed by atoms with van der Waals surface area (Å²) < 4.78 is 5.31. The Morgan fingerprint density at radius 3 is 2.69 bits per heavy atom. The van der Waals surface area contributed by atoms with Crippen LogP contribution in [0.25, 0.3) is 0 Å². The summed E-state index contributed by atoms with van der Waals surface area (Å²) in [5, 5.41) is 0. The highest BCUT2D eigenvalue weighted by Crippen LogP contribution is 2.12. The van der Waals surface area contributed by atoms with E-state index in [1.165, 1.54) is 12.0 Å². The van der Waals surface area contributed by atoms with Gasteiger partial charge in [0, 0.05) is 17.1 Å². The SMILES string of the molecule is COC(=O)CN(C)C(=O)c1cccc(Br)c1. The van der Waals surface area contributed by atoms with Gasteiger partial charge in [0.1, 0.15) is 6.54 Å². The first-order chi connectivity index (χ1) is 7.54. The van der Waals surface area contributed by atoms with Crippen LogP contribution in [0.4, 0.5) is 0 Å². The van der Waals surface area contributed by atoms with Crippen molar-refractivity contribution in [1.29, 1.82) is 0 Å². The fourth-order valence-electron chi connectivity index (χ4n) is 1.17. The van der Waals surface area contributed by atoms with E-state index in [0.717, 1.165) is 4.47 Å². The van der Waals surface area contributed by atoms with E-state index in [1.54, 1.807) is 25.2 Å². The lowest BCUT2D eigenvalue weighted by molar-refractivity contribution is -0.141. The van der Waals surface area contributed by atoms with Gasteiger partial charge in [0.25, 0.3) is 5.91 Å². The van der Waals surface area contributed by atoms with E-state index in [1.807, 2.05) is 6.07 Å². The molecule has 5 heteroatoms. The third kappa shape index (κ3) is 3.34. The van der Waals surface area contributed by atoms with E-state index in [2.05, 4.69) is 20.7 Å². The molecule has 0 atom stereocenters. The highest BCUT2D eigenvalue weighted by atomic mass is 79.9. The highest BCUT2D eigenvalue weighted by Gasteiger charge is 2.14. The summed E-state index contributed by atoms with van der Waals surface area (Å²) in [5.74, 6) is -0.655. The monoisotopic (exact) mass is 285 g/mol. The smallest absolute Gasteiger partial charge is 0.325 e. The highest BCUT2D eigenvalue weighted by molar-refractivity contribution is 9.10. The van der Waals surface area contributed by atoms with Gasteiger partial charge in [-0.3, -0.25) is 9.59 Å². The number of carbonyl (C=O) groups is 2. The summed E-state index contributed by atoms with van der Waals surface area (Å²) in [6, 6.07) is 7.00. The number of amides is 1. The zero-order valence-electron chi connectivity index (χ0n) is 9.07. The first kappa shape index (κ1) is 12.7. The topological polar surface area (TPSA) is 46.6 Å². The molecule has 1 aromatic rings. The summed E-state index contributed by atoms with van der Waals surface area (Å²) in [6.07, 6.45) is 0. The van der Waals surface area contributed by atoms with Gasteiger partial charge in [-0.1, -0.05) is 22.0 Å². The molecule has 16 heavy (non-hydrogen) atoms. The second kappa shape index (κ2) is 5.65. The number of esters is 1. The number of nitrogens with zero attached hydrogens (tertiary/aromatic N) is 1. The predicted molar refractivity (Wildman–Crippen MR) is 63.1 cm³/mol. The Hall–Kier alpha value is -1.36. The molecule has 0 aliphatic rings. The van der Waals surface area contributed by atoms with Crippen LogP contribution in [0.5, 0.6) is 0 Å². The molecule has 1 aromatic carbocycles. The Kier molecular flexibility index (Phi) is 4.49. The lowest BCUT2D eigenvalue weighted by Crippen LogP contribution is -2.32. The predicted octanol–water partition coefficient (Wildman–Crippen LogP) is 1.69. The molecule has 86 valence electrons. The normalized spacial score (nSPS) is 9.69. The third-order valence-corrected chi connectivity index (χ3v) is 2.51. The number of carbonyl (C=O) groups excluding carboxylic acids is 2. The van der Waals surface area contributed by atoms with Crippen molar-refractivity contribution in [2.45, 2.75) is 0 Å². The number of hydrogen-bond acceptors (Lipinski definition) is 3. The number of ether oxygens (including phenoxy) is 1. The maximum absolute atomic E-state index is 11.8. The number of benzene rings is 1. The fourth-order valence-corrected chi connectivity index (χ4v) is 1.57. The van der Waals surface area contributed by atoms with Crippen molar-refractivity contribution < 1.29 is 14.3 Å². The van der Waals surface area contributed by atoms with Gasteiger partial charge in [0.05, 0.1) is 7.11 Å². The van der Waals surface area contributed by atoms with Crippen molar-refractivity contribution in [2.75, 3.05) is 20.7 Å². The van der Waals surface area contributed by atoms with Crippen LogP contribution in [0, 0.1) is 0 Å². The van der Waals surface area contributed by atoms with Crippen LogP contribution in [0.2, 0.25) is 0 Å². The van der Waals surface area contributed by atoms with Gasteiger partial charge in [-0.15, -0.1) is 0 Å². The fraction of sp³-hybridized carbons (Fsp3) is 0.273. The number of halogens is 1. The summed E-state index contributed by atoms with van der Waals surface area (Å²) in [5.41, 5.74) is 0.528. The molecule has 0 N–H and O–H groups in total. The van der Waals surface area contributed by atoms with Gasteiger partial charge in [0.15, 0.2) is 0 Å². The molecule has 0 saturated heterocycles. The Morgan fingerprint density at radius 2 is 2.12 bits per heavy atom. The van der Waals surface area contributed by atoms with E-state index in [4.69, 9.17) is 0 Å². The molecule has 0 unspecified atom stereocenters. The molecule has 0 aliphatic heterocycles. The zero-order valence-corrected chi connectivity index (χ0v) is 10.7. The molecule has 0 heterocycles. The van der Waals surface area contributed by atoms with E-state index < -0.39 is 5.97 Å². The number of hydrogen-bond donors (Lipinski definition) is 0. The molecule has 0 aromatic heterocycles. The Bertz CT molecular complexity index is 406. The first-order valence-corrected chi connectivity index (χ1v) is 5.41. The van der Waals surface area contributed by atoms with E-state index in [-0.39, 0.29) is 12.5 Å². The third-order valence-electron chi connectivity index (χ3n) is 2.01. The Labute approximate surface area is 102 Å². The molecule has 1 rings (SSSR count). The van der Waals surface area contributed by atoms with Crippen LogP contribution in [-0.2, 0) is 9.53 Å². The Morgan fingerprint density at radius 1 is 1.44 bits per heavy atom. The standard InChI is InChI=1S/C11H12BrNO3/c1-13(7-10(14)16-2)11(15)8-4-3-5-9(12)6-8/h3-6H,7H2,1-2H3. The van der Waals surface area contributed by atoms with Crippen molar-refractivity contribution in [3.8, 4) is 0 Å². The molecule has 1 amide bonds. The summed E-state index contributed by atoms with van der Waals surface area (Å²) >= 11 is 3.28. The molecule has 0 bridgehead atoms. The van der Waals surface area contributed by atoms with Gasteiger partial charge in [-0.2, -0.15) is 0 Å². The van der Waals surface area contributed by atoms with Crippen LogP contribution >= 0.6 is 15.9 Å². The second-order valence-corrected chi connectivity index (χ2v) is 4.16. The van der Waals surface area contributed by atoms with Crippen molar-refractivity contribution in [3.05, 3.63) is 34.3 Å². The van der Waals surface area contributed by atoms with Crippen molar-refractivity contribution in [2.24, 2.45) is 0 Å². The summed E-state index contributed by atoms with van der Waals surface area (Å²) in [4.78, 5) is 24.2. The molecule has 0 saturated carbocycles. The van der Waals surface area contributed by atoms with Crippen LogP contribution < -0.4 is 0 Å². The minimum Gasteiger partial charge on any atom is -0.468 e. The molecule has 0 spiro atoms. The van der Waals surface area contributed by atoms with Crippen molar-refractivity contribution in [3.63, 3.8) is 0 Å². The average molecular weight is 286 g/mol. The van der Waals surface area contributed by atoms with Gasteiger partial charge >= 0.3 is 5.97 Å². The quantitative estimate of drug-likeness (QED) is 0.794. The molecule has 0 aliphatic carbocycles. The van der Waals surface area contributed by atoms with Crippen molar-refractivity contribution >= 4 is 27.8 Å². The minimum absolute atomic E-state index is 0.0537. The minimum atomic E-state index is -0.439. The largest absolute Gasteiger partial charge is 0.468 e. The molecule has 0 fully saturated rings. The lowest BCUT2D eigenvalue weighted by atomic mass is 10.2. The molecular weight excluding hydrogens is 274 g/mol. The van der Waals surface area contributed by atoms with Crippen LogP contribution in [0.15, 0.2) is 28.7 Å². The van der Waals surface area contributed by atoms with E-state index >= 15 is 0 Å². The summed E-state index contributed by atoms with van der Waals surface area (Å²) in [6.45, 7) is -0.0537.